The Morgan fingerprint density at radius 1 is 1.00 bits per heavy atom. The number of nitrogens with one attached hydrogen (secondary N) is 1. The van der Waals surface area contributed by atoms with Crippen molar-refractivity contribution >= 4 is 27.8 Å². The number of H-pyrrole nitrogens is 1. The van der Waals surface area contributed by atoms with Crippen molar-refractivity contribution in [3.8, 4) is 0 Å². The minimum absolute atomic E-state index is 0.0455. The number of amides is 1. The molecule has 1 N–H and O–H groups in total. The lowest BCUT2D eigenvalue weighted by Crippen LogP contribution is -2.31. The minimum atomic E-state index is -4.46. The largest absolute Gasteiger partial charge is 0.399 e. The first-order chi connectivity index (χ1) is 17.3. The van der Waals surface area contributed by atoms with E-state index >= 15 is 0 Å². The number of pyridine rings is 1. The maximum atomic E-state index is 14.3. The van der Waals surface area contributed by atoms with Crippen molar-refractivity contribution in [2.75, 3.05) is 13.1 Å². The van der Waals surface area contributed by atoms with Gasteiger partial charge in [-0.05, 0) is 85.5 Å². The topological polar surface area (TPSA) is 61.6 Å². The monoisotopic (exact) mass is 496 g/mol. The van der Waals surface area contributed by atoms with Crippen LogP contribution in [-0.2, 0) is 0 Å². The second-order valence-corrected chi connectivity index (χ2v) is 9.84. The molecule has 1 amide bonds. The molecule has 4 aromatic rings. The minimum Gasteiger partial charge on any atom is -0.341 e. The highest BCUT2D eigenvalue weighted by Crippen LogP contribution is 2.48. The standard InChI is InChI=1S/C27H24F4N4O/c28-18-6-8-21-20(14-18)19(9-10-32-21)15-1-3-16(4-2-15)24(27(29,30)31)25-33-22-7-5-17(13-23(22)34-25)26(36)35-11-12-35/h5-10,13-16,24H,1-4,11-12H2,(H,33,34)/t15?,16?,24-/m1/s1. The van der Waals surface area contributed by atoms with Crippen LogP contribution in [0.1, 0.15) is 59.3 Å². The number of hydrogen-bond donors (Lipinski definition) is 1. The van der Waals surface area contributed by atoms with Crippen molar-refractivity contribution in [1.29, 1.82) is 0 Å². The van der Waals surface area contributed by atoms with Crippen LogP contribution >= 0.6 is 0 Å². The van der Waals surface area contributed by atoms with E-state index in [4.69, 9.17) is 0 Å². The molecule has 1 aliphatic heterocycles. The highest BCUT2D eigenvalue weighted by atomic mass is 19.4. The van der Waals surface area contributed by atoms with E-state index in [0.717, 1.165) is 10.9 Å². The highest BCUT2D eigenvalue weighted by molar-refractivity contribution is 5.98. The normalized spacial score (nSPS) is 21.2. The third-order valence-corrected chi connectivity index (χ3v) is 7.55. The molecular weight excluding hydrogens is 472 g/mol. The Balaban J connectivity index is 1.26. The van der Waals surface area contributed by atoms with E-state index in [0.29, 0.717) is 60.9 Å². The smallest absolute Gasteiger partial charge is 0.341 e. The fourth-order valence-corrected chi connectivity index (χ4v) is 5.65. The number of nitrogens with zero attached hydrogens (tertiary/aromatic N) is 3. The van der Waals surface area contributed by atoms with Crippen molar-refractivity contribution in [3.05, 3.63) is 71.4 Å². The summed E-state index contributed by atoms with van der Waals surface area (Å²) < 4.78 is 56.9. The van der Waals surface area contributed by atoms with Gasteiger partial charge < -0.3 is 9.88 Å². The first kappa shape index (κ1) is 22.9. The molecule has 1 saturated heterocycles. The molecule has 3 heterocycles. The summed E-state index contributed by atoms with van der Waals surface area (Å²) in [5, 5.41) is 0.721. The van der Waals surface area contributed by atoms with Crippen LogP contribution in [0.2, 0.25) is 0 Å². The molecule has 2 aromatic carbocycles. The number of benzene rings is 2. The lowest BCUT2D eigenvalue weighted by molar-refractivity contribution is -0.166. The van der Waals surface area contributed by atoms with E-state index in [1.165, 1.54) is 12.1 Å². The molecule has 2 fully saturated rings. The molecule has 1 saturated carbocycles. The number of aromatic amines is 1. The van der Waals surface area contributed by atoms with Crippen LogP contribution in [0.25, 0.3) is 21.9 Å². The summed E-state index contributed by atoms with van der Waals surface area (Å²) in [6.07, 6.45) is -0.888. The summed E-state index contributed by atoms with van der Waals surface area (Å²) in [5.41, 5.74) is 2.91. The Morgan fingerprint density at radius 3 is 2.50 bits per heavy atom. The molecule has 1 aliphatic carbocycles. The molecule has 0 bridgehead atoms. The Kier molecular flexibility index (Phi) is 5.46. The van der Waals surface area contributed by atoms with Gasteiger partial charge in [-0.2, -0.15) is 13.2 Å². The summed E-state index contributed by atoms with van der Waals surface area (Å²) in [4.78, 5) is 25.5. The maximum absolute atomic E-state index is 14.3. The Morgan fingerprint density at radius 2 is 1.78 bits per heavy atom. The molecule has 1 atom stereocenters. The first-order valence-corrected chi connectivity index (χ1v) is 12.2. The van der Waals surface area contributed by atoms with Crippen LogP contribution < -0.4 is 0 Å². The molecule has 0 unspecified atom stereocenters. The van der Waals surface area contributed by atoms with Gasteiger partial charge in [0.15, 0.2) is 0 Å². The number of rotatable bonds is 4. The average molecular weight is 497 g/mol. The number of fused-ring (bicyclic) bond motifs is 2. The zero-order chi connectivity index (χ0) is 25.0. The van der Waals surface area contributed by atoms with Crippen molar-refractivity contribution in [1.82, 2.24) is 19.9 Å². The lowest BCUT2D eigenvalue weighted by atomic mass is 9.73. The average Bonchev–Trinajstić information content (AvgIpc) is 3.62. The third-order valence-electron chi connectivity index (χ3n) is 7.55. The number of halogens is 4. The Bertz CT molecular complexity index is 1450. The second kappa shape index (κ2) is 8.57. The molecule has 36 heavy (non-hydrogen) atoms. The van der Waals surface area contributed by atoms with Gasteiger partial charge >= 0.3 is 6.18 Å². The quantitative estimate of drug-likeness (QED) is 0.265. The zero-order valence-electron chi connectivity index (χ0n) is 19.4. The van der Waals surface area contributed by atoms with E-state index in [1.807, 2.05) is 6.07 Å². The molecule has 186 valence electrons. The summed E-state index contributed by atoms with van der Waals surface area (Å²) in [5.74, 6) is -2.88. The van der Waals surface area contributed by atoms with Gasteiger partial charge in [0, 0.05) is 30.2 Å². The molecule has 9 heteroatoms. The van der Waals surface area contributed by atoms with Crippen molar-refractivity contribution in [3.63, 3.8) is 0 Å². The number of aromatic nitrogens is 3. The van der Waals surface area contributed by atoms with Gasteiger partial charge in [-0.15, -0.1) is 0 Å². The molecule has 6 rings (SSSR count). The van der Waals surface area contributed by atoms with Crippen LogP contribution in [0.4, 0.5) is 17.6 Å². The van der Waals surface area contributed by atoms with Gasteiger partial charge in [0.05, 0.1) is 16.6 Å². The second-order valence-electron chi connectivity index (χ2n) is 9.84. The van der Waals surface area contributed by atoms with E-state index in [2.05, 4.69) is 15.0 Å². The molecule has 0 spiro atoms. The molecule has 2 aromatic heterocycles. The van der Waals surface area contributed by atoms with E-state index in [9.17, 15) is 22.4 Å². The Labute approximate surface area is 204 Å². The van der Waals surface area contributed by atoms with Crippen LogP contribution in [0.5, 0.6) is 0 Å². The van der Waals surface area contributed by atoms with Crippen LogP contribution in [0, 0.1) is 11.7 Å². The zero-order valence-corrected chi connectivity index (χ0v) is 19.4. The van der Waals surface area contributed by atoms with Crippen molar-refractivity contribution in [2.45, 2.75) is 43.7 Å². The van der Waals surface area contributed by atoms with Gasteiger partial charge in [0.25, 0.3) is 5.91 Å². The number of alkyl halides is 3. The Hall–Kier alpha value is -3.49. The van der Waals surface area contributed by atoms with Crippen molar-refractivity contribution < 1.29 is 22.4 Å². The SMILES string of the molecule is O=C(c1ccc2[nH]c([C@@H](C3CCC(c4ccnc5ccc(F)cc45)CC3)C(F)(F)F)nc2c1)N1CC1. The first-order valence-electron chi connectivity index (χ1n) is 12.2. The van der Waals surface area contributed by atoms with Gasteiger partial charge in [0.1, 0.15) is 17.6 Å². The summed E-state index contributed by atoms with van der Waals surface area (Å²) in [6, 6.07) is 11.1. The molecule has 5 nitrogen and oxygen atoms in total. The van der Waals surface area contributed by atoms with Gasteiger partial charge in [0.2, 0.25) is 0 Å². The van der Waals surface area contributed by atoms with Crippen LogP contribution in [0.15, 0.2) is 48.7 Å². The summed E-state index contributed by atoms with van der Waals surface area (Å²) in [7, 11) is 0. The van der Waals surface area contributed by atoms with E-state index < -0.39 is 18.0 Å². The maximum Gasteiger partial charge on any atom is 0.399 e. The summed E-state index contributed by atoms with van der Waals surface area (Å²) in [6.45, 7) is 1.40. The number of carbonyl (C=O) groups is 1. The number of carbonyl (C=O) groups excluding carboxylic acids is 1. The predicted octanol–water partition coefficient (Wildman–Crippen LogP) is 6.33. The fourth-order valence-electron chi connectivity index (χ4n) is 5.65. The van der Waals surface area contributed by atoms with Crippen molar-refractivity contribution in [2.24, 2.45) is 5.92 Å². The molecule has 2 aliphatic rings. The fraction of sp³-hybridized carbons (Fsp3) is 0.370. The van der Waals surface area contributed by atoms with Gasteiger partial charge in [-0.1, -0.05) is 0 Å². The van der Waals surface area contributed by atoms with Crippen LogP contribution in [-0.4, -0.2) is 45.0 Å². The molecule has 0 radical (unpaired) electrons. The lowest BCUT2D eigenvalue weighted by Gasteiger charge is -2.34. The van der Waals surface area contributed by atoms with Crippen LogP contribution in [0.3, 0.4) is 0 Å². The van der Waals surface area contributed by atoms with Gasteiger partial charge in [-0.25, -0.2) is 9.37 Å². The number of imidazole rings is 1. The summed E-state index contributed by atoms with van der Waals surface area (Å²) >= 11 is 0. The number of hydrogen-bond acceptors (Lipinski definition) is 3. The van der Waals surface area contributed by atoms with E-state index in [-0.39, 0.29) is 23.5 Å². The predicted molar refractivity (Wildman–Crippen MR) is 127 cm³/mol. The highest BCUT2D eigenvalue weighted by Gasteiger charge is 2.48. The third kappa shape index (κ3) is 4.20. The van der Waals surface area contributed by atoms with E-state index in [1.54, 1.807) is 35.4 Å². The van der Waals surface area contributed by atoms with Gasteiger partial charge in [-0.3, -0.25) is 9.78 Å². The molecular formula is C27H24F4N4O.